The summed E-state index contributed by atoms with van der Waals surface area (Å²) in [6.07, 6.45) is 10.1. The molecule has 0 amide bonds. The van der Waals surface area contributed by atoms with Crippen LogP contribution < -0.4 is 11.1 Å². The number of esters is 1. The lowest BCUT2D eigenvalue weighted by Gasteiger charge is -2.37. The number of carbonyl (C=O) groups is 1. The molecule has 0 aromatic rings. The summed E-state index contributed by atoms with van der Waals surface area (Å²) in [6, 6.07) is 1.01. The molecule has 2 rings (SSSR count). The van der Waals surface area contributed by atoms with Crippen LogP contribution in [0.5, 0.6) is 0 Å². The molecule has 0 aromatic carbocycles. The lowest BCUT2D eigenvalue weighted by atomic mass is 9.93. The Morgan fingerprint density at radius 1 is 1.33 bits per heavy atom. The number of nitrogens with two attached hydrogens (primary N) is 1. The highest BCUT2D eigenvalue weighted by Crippen LogP contribution is 2.20. The highest BCUT2D eigenvalue weighted by Gasteiger charge is 2.27. The van der Waals surface area contributed by atoms with Crippen LogP contribution in [0.3, 0.4) is 0 Å². The van der Waals surface area contributed by atoms with E-state index >= 15 is 0 Å². The monoisotopic (exact) mass is 381 g/mol. The first-order chi connectivity index (χ1) is 12.9. The lowest BCUT2D eigenvalue weighted by Crippen LogP contribution is -2.54. The second-order valence-corrected chi connectivity index (χ2v) is 7.60. The van der Waals surface area contributed by atoms with Gasteiger partial charge in [-0.15, -0.1) is 0 Å². The second-order valence-electron chi connectivity index (χ2n) is 7.60. The molecule has 1 heterocycles. The van der Waals surface area contributed by atoms with Gasteiger partial charge in [0, 0.05) is 25.2 Å². The highest BCUT2D eigenvalue weighted by atomic mass is 16.5. The average molecular weight is 382 g/mol. The molecular weight excluding hydrogens is 342 g/mol. The number of β-amino-alcohol motifs (C(OH)–C–C–N with tert-alkyl or cyclic N) is 1. The lowest BCUT2D eigenvalue weighted by molar-refractivity contribution is -0.135. The fourth-order valence-corrected chi connectivity index (χ4v) is 3.60. The van der Waals surface area contributed by atoms with Gasteiger partial charge in [-0.1, -0.05) is 38.3 Å². The van der Waals surface area contributed by atoms with Gasteiger partial charge in [-0.25, -0.2) is 4.79 Å². The maximum atomic E-state index is 10.9. The molecule has 0 radical (unpaired) electrons. The van der Waals surface area contributed by atoms with E-state index in [0.717, 1.165) is 31.5 Å². The predicted molar refractivity (Wildman–Crippen MR) is 111 cm³/mol. The first kappa shape index (κ1) is 23.8. The van der Waals surface area contributed by atoms with E-state index in [1.165, 1.54) is 39.2 Å². The quantitative estimate of drug-likeness (QED) is 0.370. The third-order valence-electron chi connectivity index (χ3n) is 5.38. The molecule has 1 aliphatic heterocycles. The summed E-state index contributed by atoms with van der Waals surface area (Å²) in [4.78, 5) is 13.1. The molecule has 6 nitrogen and oxygen atoms in total. The molecule has 4 N–H and O–H groups in total. The van der Waals surface area contributed by atoms with Gasteiger partial charge in [-0.3, -0.25) is 0 Å². The molecule has 0 bridgehead atoms. The summed E-state index contributed by atoms with van der Waals surface area (Å²) in [5.41, 5.74) is 6.75. The van der Waals surface area contributed by atoms with Crippen molar-refractivity contribution >= 4 is 5.97 Å². The number of ether oxygens (including phenoxy) is 1. The van der Waals surface area contributed by atoms with E-state index in [0.29, 0.717) is 24.2 Å². The number of nitrogens with zero attached hydrogens (tertiary/aromatic N) is 1. The Kier molecular flexibility index (Phi) is 11.5. The number of rotatable bonds is 6. The Labute approximate surface area is 164 Å². The van der Waals surface area contributed by atoms with Gasteiger partial charge in [0.1, 0.15) is 0 Å². The van der Waals surface area contributed by atoms with Crippen molar-refractivity contribution in [3.05, 3.63) is 23.8 Å². The summed E-state index contributed by atoms with van der Waals surface area (Å²) < 4.78 is 4.48. The molecule has 2 fully saturated rings. The van der Waals surface area contributed by atoms with Crippen molar-refractivity contribution in [2.24, 2.45) is 5.73 Å². The Bertz CT molecular complexity index is 481. The fraction of sp³-hybridized carbons (Fsp3) is 0.762. The third-order valence-corrected chi connectivity index (χ3v) is 5.38. The van der Waals surface area contributed by atoms with Gasteiger partial charge in [0.25, 0.3) is 0 Å². The van der Waals surface area contributed by atoms with Crippen LogP contribution in [0.25, 0.3) is 0 Å². The van der Waals surface area contributed by atoms with E-state index in [1.54, 1.807) is 6.08 Å². The number of hydrogen-bond donors (Lipinski definition) is 3. The number of likely N-dealkylation sites (N-methyl/N-ethyl adjacent to an activating group) is 1. The zero-order valence-corrected chi connectivity index (χ0v) is 17.4. The highest BCUT2D eigenvalue weighted by molar-refractivity contribution is 5.90. The zero-order valence-electron chi connectivity index (χ0n) is 17.4. The number of hydrogen-bond acceptors (Lipinski definition) is 6. The van der Waals surface area contributed by atoms with Crippen LogP contribution in [0.4, 0.5) is 0 Å². The number of piperidine rings is 1. The molecule has 2 aliphatic rings. The van der Waals surface area contributed by atoms with E-state index in [-0.39, 0.29) is 6.10 Å². The molecular formula is C21H39N3O3. The third kappa shape index (κ3) is 9.02. The summed E-state index contributed by atoms with van der Waals surface area (Å²) in [5.74, 6) is -0.408. The first-order valence-corrected chi connectivity index (χ1v) is 10.2. The van der Waals surface area contributed by atoms with Crippen molar-refractivity contribution < 1.29 is 14.6 Å². The predicted octanol–water partition coefficient (Wildman–Crippen LogP) is 1.98. The van der Waals surface area contributed by atoms with Crippen LogP contribution in [0, 0.1) is 0 Å². The van der Waals surface area contributed by atoms with Gasteiger partial charge in [0.15, 0.2) is 0 Å². The van der Waals surface area contributed by atoms with Crippen LogP contribution in [-0.4, -0.2) is 68.0 Å². The van der Waals surface area contributed by atoms with E-state index in [9.17, 15) is 9.90 Å². The molecule has 156 valence electrons. The number of nitrogens with one attached hydrogen (secondary N) is 1. The maximum Gasteiger partial charge on any atom is 0.337 e. The number of aliphatic hydroxyl groups is 1. The van der Waals surface area contributed by atoms with Crippen molar-refractivity contribution in [1.29, 1.82) is 0 Å². The smallest absolute Gasteiger partial charge is 0.337 e. The minimum Gasteiger partial charge on any atom is -0.465 e. The van der Waals surface area contributed by atoms with Gasteiger partial charge in [0.2, 0.25) is 0 Å². The molecule has 1 saturated heterocycles. The largest absolute Gasteiger partial charge is 0.465 e. The zero-order chi connectivity index (χ0) is 20.2. The first-order valence-electron chi connectivity index (χ1n) is 10.2. The SMILES string of the molecule is C=C(/C=C(/CC)CN)C(=O)OC.CN1CCC(NC2CCCCC2)C(O)C1. The molecule has 0 spiro atoms. The van der Waals surface area contributed by atoms with E-state index in [1.807, 2.05) is 6.92 Å². The number of carbonyl (C=O) groups excluding carboxylic acids is 1. The summed E-state index contributed by atoms with van der Waals surface area (Å²) in [5, 5.41) is 13.6. The minimum absolute atomic E-state index is 0.175. The van der Waals surface area contributed by atoms with Crippen LogP contribution in [-0.2, 0) is 9.53 Å². The molecule has 1 aliphatic carbocycles. The summed E-state index contributed by atoms with van der Waals surface area (Å²) >= 11 is 0. The van der Waals surface area contributed by atoms with Gasteiger partial charge >= 0.3 is 5.97 Å². The molecule has 0 aromatic heterocycles. The standard InChI is InChI=1S/C12H24N2O.C9H15NO2/c1-14-8-7-11(12(15)9-14)13-10-5-3-2-4-6-10;1-4-8(6-10)5-7(2)9(11)12-3/h10-13,15H,2-9H2,1H3;5H,2,4,6,10H2,1,3H3/b;8-5-. The normalized spacial score (nSPS) is 24.7. The minimum atomic E-state index is -0.408. The van der Waals surface area contributed by atoms with Crippen molar-refractivity contribution in [3.63, 3.8) is 0 Å². The Morgan fingerprint density at radius 2 is 2.00 bits per heavy atom. The van der Waals surface area contributed by atoms with Crippen LogP contribution in [0.1, 0.15) is 51.9 Å². The van der Waals surface area contributed by atoms with Crippen molar-refractivity contribution in [2.75, 3.05) is 33.8 Å². The van der Waals surface area contributed by atoms with E-state index in [4.69, 9.17) is 5.73 Å². The molecule has 2 atom stereocenters. The van der Waals surface area contributed by atoms with Crippen LogP contribution in [0.2, 0.25) is 0 Å². The van der Waals surface area contributed by atoms with Crippen LogP contribution >= 0.6 is 0 Å². The van der Waals surface area contributed by atoms with Gasteiger partial charge in [-0.2, -0.15) is 0 Å². The summed E-state index contributed by atoms with van der Waals surface area (Å²) in [6.45, 7) is 7.92. The number of methoxy groups -OCH3 is 1. The topological polar surface area (TPSA) is 87.8 Å². The Balaban J connectivity index is 0.000000279. The van der Waals surface area contributed by atoms with Crippen molar-refractivity contribution in [1.82, 2.24) is 10.2 Å². The number of likely N-dealkylation sites (tertiary alicyclic amines) is 1. The molecule has 2 unspecified atom stereocenters. The van der Waals surface area contributed by atoms with E-state index < -0.39 is 5.97 Å². The second kappa shape index (κ2) is 13.0. The molecule has 27 heavy (non-hydrogen) atoms. The average Bonchev–Trinajstić information content (AvgIpc) is 2.68. The fourth-order valence-electron chi connectivity index (χ4n) is 3.60. The Hall–Kier alpha value is -1.21. The van der Waals surface area contributed by atoms with Gasteiger partial charge in [-0.05, 0) is 45.4 Å². The maximum absolute atomic E-state index is 10.9. The van der Waals surface area contributed by atoms with Crippen molar-refractivity contribution in [2.45, 2.75) is 70.1 Å². The number of aliphatic hydroxyl groups excluding tert-OH is 1. The van der Waals surface area contributed by atoms with Gasteiger partial charge < -0.3 is 25.8 Å². The Morgan fingerprint density at radius 3 is 2.52 bits per heavy atom. The van der Waals surface area contributed by atoms with Crippen molar-refractivity contribution in [3.8, 4) is 0 Å². The van der Waals surface area contributed by atoms with Gasteiger partial charge in [0.05, 0.1) is 18.8 Å². The molecule has 1 saturated carbocycles. The van der Waals surface area contributed by atoms with E-state index in [2.05, 4.69) is 28.6 Å². The summed E-state index contributed by atoms with van der Waals surface area (Å²) in [7, 11) is 3.41. The van der Waals surface area contributed by atoms with Crippen LogP contribution in [0.15, 0.2) is 23.8 Å². The molecule has 6 heteroatoms.